The van der Waals surface area contributed by atoms with E-state index in [0.29, 0.717) is 37.6 Å². The van der Waals surface area contributed by atoms with Gasteiger partial charge in [0.2, 0.25) is 0 Å². The summed E-state index contributed by atoms with van der Waals surface area (Å²) in [6, 6.07) is 11.4. The molecule has 0 aliphatic carbocycles. The van der Waals surface area contributed by atoms with Crippen LogP contribution in [0.4, 0.5) is 8.78 Å². The normalized spacial score (nSPS) is 15.8. The molecule has 32 heavy (non-hydrogen) atoms. The van der Waals surface area contributed by atoms with Crippen LogP contribution in [0.2, 0.25) is 0 Å². The van der Waals surface area contributed by atoms with Crippen LogP contribution >= 0.6 is 0 Å². The Bertz CT molecular complexity index is 1110. The maximum atomic E-state index is 14.0. The van der Waals surface area contributed by atoms with E-state index in [1.165, 1.54) is 6.07 Å². The van der Waals surface area contributed by atoms with Crippen LogP contribution in [0.1, 0.15) is 35.2 Å². The molecule has 4 rings (SSSR count). The van der Waals surface area contributed by atoms with Crippen molar-refractivity contribution in [3.63, 3.8) is 0 Å². The molecule has 1 unspecified atom stereocenters. The summed E-state index contributed by atoms with van der Waals surface area (Å²) in [7, 11) is 1.89. The number of benzene rings is 2. The van der Waals surface area contributed by atoms with Crippen molar-refractivity contribution in [2.75, 3.05) is 13.2 Å². The van der Waals surface area contributed by atoms with Crippen LogP contribution in [-0.4, -0.2) is 33.9 Å². The van der Waals surface area contributed by atoms with Gasteiger partial charge >= 0.3 is 0 Å². The number of aromatic nitrogens is 3. The lowest BCUT2D eigenvalue weighted by molar-refractivity contribution is 0.261. The van der Waals surface area contributed by atoms with Crippen molar-refractivity contribution >= 4 is 5.96 Å². The van der Waals surface area contributed by atoms with E-state index >= 15 is 0 Å². The molecule has 2 N–H and O–H groups in total. The third-order valence-corrected chi connectivity index (χ3v) is 5.53. The second-order valence-corrected chi connectivity index (χ2v) is 7.67. The van der Waals surface area contributed by atoms with Crippen LogP contribution in [0.3, 0.4) is 0 Å². The summed E-state index contributed by atoms with van der Waals surface area (Å²) in [5, 5.41) is 14.9. The summed E-state index contributed by atoms with van der Waals surface area (Å²) in [6.45, 7) is 3.18. The predicted molar refractivity (Wildman–Crippen MR) is 117 cm³/mol. The first-order valence-electron chi connectivity index (χ1n) is 10.6. The highest BCUT2D eigenvalue weighted by molar-refractivity contribution is 5.80. The van der Waals surface area contributed by atoms with Crippen molar-refractivity contribution in [3.05, 3.63) is 76.9 Å². The molecule has 0 bridgehead atoms. The molecule has 168 valence electrons. The molecule has 1 aromatic heterocycles. The van der Waals surface area contributed by atoms with Crippen LogP contribution < -0.4 is 15.4 Å². The van der Waals surface area contributed by atoms with Crippen LogP contribution in [-0.2, 0) is 20.0 Å². The average molecular weight is 440 g/mol. The molecule has 1 atom stereocenters. The Morgan fingerprint density at radius 1 is 1.22 bits per heavy atom. The van der Waals surface area contributed by atoms with Gasteiger partial charge in [-0.3, -0.25) is 0 Å². The highest BCUT2D eigenvalue weighted by Gasteiger charge is 2.22. The van der Waals surface area contributed by atoms with Gasteiger partial charge in [0, 0.05) is 25.6 Å². The van der Waals surface area contributed by atoms with Gasteiger partial charge in [0.05, 0.1) is 12.6 Å². The SMILES string of the molecule is Cc1nnc(CN=C(NCCc2cc(F)ccc2F)NC2CCOc3ccccc32)n1C. The fourth-order valence-corrected chi connectivity index (χ4v) is 3.60. The van der Waals surface area contributed by atoms with E-state index in [2.05, 4.69) is 25.8 Å². The van der Waals surface area contributed by atoms with Crippen LogP contribution in [0, 0.1) is 18.6 Å². The van der Waals surface area contributed by atoms with E-state index in [9.17, 15) is 8.78 Å². The Hall–Kier alpha value is -3.49. The van der Waals surface area contributed by atoms with Crippen molar-refractivity contribution in [1.82, 2.24) is 25.4 Å². The highest BCUT2D eigenvalue weighted by Crippen LogP contribution is 2.31. The maximum absolute atomic E-state index is 14.0. The molecule has 2 aromatic carbocycles. The minimum atomic E-state index is -0.454. The molecule has 0 saturated heterocycles. The van der Waals surface area contributed by atoms with Crippen molar-refractivity contribution < 1.29 is 13.5 Å². The van der Waals surface area contributed by atoms with Crippen molar-refractivity contribution in [3.8, 4) is 5.75 Å². The van der Waals surface area contributed by atoms with E-state index in [0.717, 1.165) is 41.5 Å². The second-order valence-electron chi connectivity index (χ2n) is 7.67. The molecular weight excluding hydrogens is 414 g/mol. The lowest BCUT2D eigenvalue weighted by atomic mass is 10.0. The molecule has 1 aliphatic heterocycles. The summed E-state index contributed by atoms with van der Waals surface area (Å²) < 4.78 is 35.1. The van der Waals surface area contributed by atoms with Gasteiger partial charge in [-0.05, 0) is 43.2 Å². The van der Waals surface area contributed by atoms with Crippen LogP contribution in [0.5, 0.6) is 5.75 Å². The molecule has 0 saturated carbocycles. The number of fused-ring (bicyclic) bond motifs is 1. The van der Waals surface area contributed by atoms with E-state index in [1.54, 1.807) is 0 Å². The molecule has 9 heteroatoms. The minimum absolute atomic E-state index is 0.0124. The molecule has 0 amide bonds. The van der Waals surface area contributed by atoms with Gasteiger partial charge in [0.25, 0.3) is 0 Å². The third-order valence-electron chi connectivity index (χ3n) is 5.53. The first kappa shape index (κ1) is 21.7. The van der Waals surface area contributed by atoms with Gasteiger partial charge in [-0.25, -0.2) is 13.8 Å². The number of halogens is 2. The number of hydrogen-bond acceptors (Lipinski definition) is 4. The van der Waals surface area contributed by atoms with Crippen molar-refractivity contribution in [1.29, 1.82) is 0 Å². The largest absolute Gasteiger partial charge is 0.493 e. The van der Waals surface area contributed by atoms with Crippen LogP contribution in [0.15, 0.2) is 47.5 Å². The van der Waals surface area contributed by atoms with E-state index < -0.39 is 11.6 Å². The zero-order valence-corrected chi connectivity index (χ0v) is 18.1. The Labute approximate surface area is 185 Å². The quantitative estimate of drug-likeness (QED) is 0.455. The molecular formula is C23H26F2N6O. The lowest BCUT2D eigenvalue weighted by Gasteiger charge is -2.28. The molecule has 3 aromatic rings. The first-order chi connectivity index (χ1) is 15.5. The summed E-state index contributed by atoms with van der Waals surface area (Å²) in [6.07, 6.45) is 1.09. The van der Waals surface area contributed by atoms with Crippen LogP contribution in [0.25, 0.3) is 0 Å². The Balaban J connectivity index is 1.49. The Morgan fingerprint density at radius 2 is 2.06 bits per heavy atom. The summed E-state index contributed by atoms with van der Waals surface area (Å²) in [5.74, 6) is 2.06. The number of rotatable bonds is 6. The molecule has 7 nitrogen and oxygen atoms in total. The van der Waals surface area contributed by atoms with Gasteiger partial charge in [-0.1, -0.05) is 18.2 Å². The summed E-state index contributed by atoms with van der Waals surface area (Å²) in [4.78, 5) is 4.67. The average Bonchev–Trinajstić information content (AvgIpc) is 3.12. The molecule has 0 spiro atoms. The number of nitrogens with one attached hydrogen (secondary N) is 2. The lowest BCUT2D eigenvalue weighted by Crippen LogP contribution is -2.42. The standard InChI is InChI=1S/C23H26F2N6O/c1-15-29-30-22(31(15)2)14-27-23(26-11-9-16-13-17(24)7-8-19(16)25)28-20-10-12-32-21-6-4-3-5-18(20)21/h3-8,13,20H,9-12,14H2,1-2H3,(H2,26,27,28). The highest BCUT2D eigenvalue weighted by atomic mass is 19.1. The van der Waals surface area contributed by atoms with Crippen molar-refractivity contribution in [2.24, 2.45) is 12.0 Å². The Morgan fingerprint density at radius 3 is 2.88 bits per heavy atom. The van der Waals surface area contributed by atoms with E-state index in [4.69, 9.17) is 4.74 Å². The molecule has 0 radical (unpaired) electrons. The predicted octanol–water partition coefficient (Wildman–Crippen LogP) is 3.20. The monoisotopic (exact) mass is 440 g/mol. The van der Waals surface area contributed by atoms with E-state index in [1.807, 2.05) is 42.8 Å². The number of nitrogens with zero attached hydrogens (tertiary/aromatic N) is 4. The zero-order chi connectivity index (χ0) is 22.5. The summed E-state index contributed by atoms with van der Waals surface area (Å²) in [5.41, 5.74) is 1.37. The molecule has 1 aliphatic rings. The van der Waals surface area contributed by atoms with Crippen molar-refractivity contribution in [2.45, 2.75) is 32.4 Å². The van der Waals surface area contributed by atoms with Gasteiger partial charge in [-0.15, -0.1) is 10.2 Å². The minimum Gasteiger partial charge on any atom is -0.493 e. The Kier molecular flexibility index (Phi) is 6.63. The van der Waals surface area contributed by atoms with Gasteiger partial charge in [0.15, 0.2) is 11.8 Å². The fourth-order valence-electron chi connectivity index (χ4n) is 3.60. The van der Waals surface area contributed by atoms with Gasteiger partial charge in [0.1, 0.15) is 29.8 Å². The first-order valence-corrected chi connectivity index (χ1v) is 10.6. The topological polar surface area (TPSA) is 76.4 Å². The number of hydrogen-bond donors (Lipinski definition) is 2. The fraction of sp³-hybridized carbons (Fsp3) is 0.348. The number of ether oxygens (including phenoxy) is 1. The molecule has 2 heterocycles. The molecule has 0 fully saturated rings. The smallest absolute Gasteiger partial charge is 0.192 e. The summed E-state index contributed by atoms with van der Waals surface area (Å²) >= 11 is 0. The maximum Gasteiger partial charge on any atom is 0.192 e. The number of guanidine groups is 1. The number of aryl methyl sites for hydroxylation is 1. The third kappa shape index (κ3) is 5.04. The zero-order valence-electron chi connectivity index (χ0n) is 18.1. The van der Waals surface area contributed by atoms with Gasteiger partial charge < -0.3 is 19.9 Å². The second kappa shape index (κ2) is 9.76. The van der Waals surface area contributed by atoms with Gasteiger partial charge in [-0.2, -0.15) is 0 Å². The van der Waals surface area contributed by atoms with E-state index in [-0.39, 0.29) is 6.04 Å². The number of aliphatic imine (C=N–C) groups is 1. The number of para-hydroxylation sites is 1.